The van der Waals surface area contributed by atoms with Gasteiger partial charge < -0.3 is 15.5 Å². The molecule has 35 heavy (non-hydrogen) atoms. The Morgan fingerprint density at radius 2 is 2.06 bits per heavy atom. The summed E-state index contributed by atoms with van der Waals surface area (Å²) in [4.78, 5) is 43.7. The number of urea groups is 1. The van der Waals surface area contributed by atoms with Gasteiger partial charge in [0, 0.05) is 37.8 Å². The lowest BCUT2D eigenvalue weighted by atomic mass is 10.1. The number of alkyl halides is 3. The van der Waals surface area contributed by atoms with Gasteiger partial charge in [0.15, 0.2) is 0 Å². The van der Waals surface area contributed by atoms with E-state index in [2.05, 4.69) is 10.4 Å². The van der Waals surface area contributed by atoms with Crippen molar-refractivity contribution >= 4 is 35.1 Å². The van der Waals surface area contributed by atoms with E-state index in [9.17, 15) is 31.9 Å². The first-order valence-electron chi connectivity index (χ1n) is 10.3. The number of amides is 4. The van der Waals surface area contributed by atoms with Crippen LogP contribution >= 0.6 is 11.6 Å². The Bertz CT molecular complexity index is 1190. The minimum absolute atomic E-state index is 0.0283. The Balaban J connectivity index is 1.50. The second-order valence-corrected chi connectivity index (χ2v) is 8.33. The van der Waals surface area contributed by atoms with Crippen molar-refractivity contribution in [1.29, 1.82) is 0 Å². The molecule has 2 aromatic rings. The fourth-order valence-corrected chi connectivity index (χ4v) is 3.98. The van der Waals surface area contributed by atoms with Crippen molar-refractivity contribution in [2.24, 2.45) is 0 Å². The highest BCUT2D eigenvalue weighted by molar-refractivity contribution is 6.31. The third-order valence-electron chi connectivity index (χ3n) is 5.48. The number of hydrogen-bond donors (Lipinski definition) is 2. The molecule has 0 saturated heterocycles. The fraction of sp³-hybridized carbons (Fsp3) is 0.400. The van der Waals surface area contributed by atoms with Crippen LogP contribution in [0.15, 0.2) is 18.2 Å². The van der Waals surface area contributed by atoms with E-state index in [1.807, 2.05) is 0 Å². The molecule has 2 N–H and O–H groups in total. The molecule has 1 atom stereocenters. The molecule has 1 unspecified atom stereocenters. The third-order valence-corrected chi connectivity index (χ3v) is 5.77. The highest BCUT2D eigenvalue weighted by atomic mass is 35.5. The zero-order valence-corrected chi connectivity index (χ0v) is 18.9. The van der Waals surface area contributed by atoms with Crippen LogP contribution < -0.4 is 10.6 Å². The summed E-state index contributed by atoms with van der Waals surface area (Å²) in [5.74, 6) is -3.35. The molecule has 2 aliphatic rings. The van der Waals surface area contributed by atoms with E-state index in [4.69, 9.17) is 16.4 Å². The van der Waals surface area contributed by atoms with Crippen molar-refractivity contribution in [2.75, 3.05) is 25.5 Å². The fourth-order valence-electron chi connectivity index (χ4n) is 3.80. The van der Waals surface area contributed by atoms with Gasteiger partial charge >= 0.3 is 18.1 Å². The average molecular weight is 519 g/mol. The van der Waals surface area contributed by atoms with Gasteiger partial charge in [0.25, 0.3) is 5.91 Å². The van der Waals surface area contributed by atoms with Gasteiger partial charge in [-0.2, -0.15) is 18.3 Å². The topological polar surface area (TPSA) is 109 Å². The van der Waals surface area contributed by atoms with Crippen molar-refractivity contribution < 1.29 is 36.8 Å². The second kappa shape index (κ2) is 9.34. The predicted molar refractivity (Wildman–Crippen MR) is 113 cm³/mol. The molecule has 1 aromatic heterocycles. The predicted octanol–water partition coefficient (Wildman–Crippen LogP) is 2.33. The highest BCUT2D eigenvalue weighted by Gasteiger charge is 2.40. The molecule has 0 radical (unpaired) electrons. The largest absolute Gasteiger partial charge is 0.471 e. The first-order chi connectivity index (χ1) is 16.4. The molecule has 0 spiro atoms. The maximum absolute atomic E-state index is 13.4. The molecular weight excluding hydrogens is 500 g/mol. The summed E-state index contributed by atoms with van der Waals surface area (Å²) >= 11 is 5.75. The molecule has 15 heteroatoms. The van der Waals surface area contributed by atoms with Crippen LogP contribution in [0.2, 0.25) is 5.02 Å². The molecule has 1 aromatic carbocycles. The van der Waals surface area contributed by atoms with Crippen LogP contribution in [0.3, 0.4) is 0 Å². The van der Waals surface area contributed by atoms with Crippen LogP contribution in [0.1, 0.15) is 21.7 Å². The first-order valence-corrected chi connectivity index (χ1v) is 10.7. The summed E-state index contributed by atoms with van der Waals surface area (Å²) in [6, 6.07) is 3.24. The van der Waals surface area contributed by atoms with E-state index < -0.39 is 42.5 Å². The molecule has 4 amide bonds. The average Bonchev–Trinajstić information content (AvgIpc) is 3.09. The second-order valence-electron chi connectivity index (χ2n) is 7.92. The summed E-state index contributed by atoms with van der Waals surface area (Å²) in [6.45, 7) is -0.304. The SMILES string of the molecule is CN1OC(CNC(=O)C(F)(F)F)Cn2nc3c(c2C1=O)CN(C(=O)Nc1ccc(F)c(Cl)c1)CC3. The number of hydroxylamine groups is 2. The molecule has 188 valence electrons. The van der Waals surface area contributed by atoms with Crippen molar-refractivity contribution in [2.45, 2.75) is 31.8 Å². The lowest BCUT2D eigenvalue weighted by Crippen LogP contribution is -2.44. The third kappa shape index (κ3) is 5.17. The van der Waals surface area contributed by atoms with Gasteiger partial charge in [0.2, 0.25) is 0 Å². The number of rotatable bonds is 3. The zero-order valence-electron chi connectivity index (χ0n) is 18.2. The minimum atomic E-state index is -5.05. The van der Waals surface area contributed by atoms with E-state index in [0.717, 1.165) is 11.1 Å². The molecule has 0 saturated carbocycles. The van der Waals surface area contributed by atoms with Gasteiger partial charge in [-0.25, -0.2) is 14.2 Å². The van der Waals surface area contributed by atoms with Crippen molar-refractivity contribution in [1.82, 2.24) is 25.1 Å². The van der Waals surface area contributed by atoms with Crippen LogP contribution in [-0.4, -0.2) is 70.0 Å². The van der Waals surface area contributed by atoms with Crippen LogP contribution in [0.25, 0.3) is 0 Å². The van der Waals surface area contributed by atoms with Gasteiger partial charge in [-0.1, -0.05) is 11.6 Å². The standard InChI is InChI=1S/C20H19ClF4N6O4/c1-29-17(32)16-12-9-30(19(34)27-10-2-3-14(22)13(21)6-10)5-4-15(12)28-31(16)8-11(35-29)7-26-18(33)20(23,24)25/h2-3,6,11H,4-5,7-9H2,1H3,(H,26,33)(H,27,34). The number of nitrogens with one attached hydrogen (secondary N) is 2. The highest BCUT2D eigenvalue weighted by Crippen LogP contribution is 2.27. The number of hydrogen-bond acceptors (Lipinski definition) is 5. The van der Waals surface area contributed by atoms with Crippen LogP contribution in [0.5, 0.6) is 0 Å². The smallest absolute Gasteiger partial charge is 0.345 e. The zero-order chi connectivity index (χ0) is 25.5. The number of anilines is 1. The molecule has 0 aliphatic carbocycles. The molecule has 0 bridgehead atoms. The summed E-state index contributed by atoms with van der Waals surface area (Å²) in [5.41, 5.74) is 1.46. The molecule has 0 fully saturated rings. The van der Waals surface area contributed by atoms with Crippen molar-refractivity contribution in [3.05, 3.63) is 46.0 Å². The Hall–Kier alpha value is -3.39. The van der Waals surface area contributed by atoms with Gasteiger partial charge in [-0.3, -0.25) is 19.1 Å². The Morgan fingerprint density at radius 3 is 2.74 bits per heavy atom. The Morgan fingerprint density at radius 1 is 1.31 bits per heavy atom. The van der Waals surface area contributed by atoms with Crippen molar-refractivity contribution in [3.8, 4) is 0 Å². The first kappa shape index (κ1) is 24.7. The maximum Gasteiger partial charge on any atom is 0.471 e. The minimum Gasteiger partial charge on any atom is -0.345 e. The van der Waals surface area contributed by atoms with E-state index in [1.165, 1.54) is 28.8 Å². The van der Waals surface area contributed by atoms with E-state index in [-0.39, 0.29) is 36.0 Å². The van der Waals surface area contributed by atoms with E-state index >= 15 is 0 Å². The molecule has 4 rings (SSSR count). The summed E-state index contributed by atoms with van der Waals surface area (Å²) < 4.78 is 52.2. The number of benzene rings is 1. The molecule has 10 nitrogen and oxygen atoms in total. The number of carbonyl (C=O) groups excluding carboxylic acids is 3. The summed E-state index contributed by atoms with van der Waals surface area (Å²) in [7, 11) is 1.29. The number of aromatic nitrogens is 2. The molecule has 2 aliphatic heterocycles. The van der Waals surface area contributed by atoms with Crippen LogP contribution in [0, 0.1) is 5.82 Å². The monoisotopic (exact) mass is 518 g/mol. The Labute approximate surface area is 200 Å². The number of carbonyl (C=O) groups is 3. The number of nitrogens with zero attached hydrogens (tertiary/aromatic N) is 4. The number of halogens is 5. The van der Waals surface area contributed by atoms with E-state index in [1.54, 1.807) is 5.32 Å². The quantitative estimate of drug-likeness (QED) is 0.606. The van der Waals surface area contributed by atoms with Gasteiger partial charge in [-0.05, 0) is 18.2 Å². The van der Waals surface area contributed by atoms with Gasteiger partial charge in [0.05, 0.1) is 23.8 Å². The normalized spacial score (nSPS) is 18.0. The van der Waals surface area contributed by atoms with Crippen molar-refractivity contribution in [3.63, 3.8) is 0 Å². The van der Waals surface area contributed by atoms with Gasteiger partial charge in [0.1, 0.15) is 17.6 Å². The molecule has 3 heterocycles. The van der Waals surface area contributed by atoms with Crippen LogP contribution in [0.4, 0.5) is 28.0 Å². The molecular formula is C20H19ClF4N6O4. The lowest BCUT2D eigenvalue weighted by molar-refractivity contribution is -0.177. The maximum atomic E-state index is 13.4. The lowest BCUT2D eigenvalue weighted by Gasteiger charge is -2.27. The van der Waals surface area contributed by atoms with Crippen LogP contribution in [-0.2, 0) is 29.1 Å². The number of fused-ring (bicyclic) bond motifs is 3. The summed E-state index contributed by atoms with van der Waals surface area (Å²) in [6.07, 6.45) is -5.73. The Kier molecular flexibility index (Phi) is 6.60. The van der Waals surface area contributed by atoms with E-state index in [0.29, 0.717) is 17.7 Å². The van der Waals surface area contributed by atoms with Gasteiger partial charge in [-0.15, -0.1) is 0 Å². The summed E-state index contributed by atoms with van der Waals surface area (Å²) in [5, 5.41) is 9.47.